The van der Waals surface area contributed by atoms with Crippen LogP contribution < -0.4 is 0 Å². The van der Waals surface area contributed by atoms with E-state index in [-0.39, 0.29) is 5.41 Å². The monoisotopic (exact) mass is 288 g/mol. The van der Waals surface area contributed by atoms with Crippen LogP contribution in [0.1, 0.15) is 78.6 Å². The topological polar surface area (TPSA) is 20.2 Å². The summed E-state index contributed by atoms with van der Waals surface area (Å²) >= 11 is 0. The van der Waals surface area contributed by atoms with Crippen molar-refractivity contribution in [2.24, 2.45) is 28.6 Å². The van der Waals surface area contributed by atoms with E-state index in [4.69, 9.17) is 0 Å². The van der Waals surface area contributed by atoms with E-state index < -0.39 is 5.60 Å². The molecule has 0 amide bonds. The van der Waals surface area contributed by atoms with Gasteiger partial charge in [0.15, 0.2) is 0 Å². The lowest BCUT2D eigenvalue weighted by atomic mass is 9.47. The van der Waals surface area contributed by atoms with Gasteiger partial charge in [0.05, 0.1) is 5.60 Å². The smallest absolute Gasteiger partial charge is 0.0675 e. The highest BCUT2D eigenvalue weighted by atomic mass is 16.3. The van der Waals surface area contributed by atoms with Crippen molar-refractivity contribution in [1.29, 1.82) is 0 Å². The molecule has 4 aliphatic rings. The molecule has 0 aromatic carbocycles. The van der Waals surface area contributed by atoms with E-state index in [1.54, 1.807) is 5.57 Å². The second kappa shape index (κ2) is 4.37. The largest absolute Gasteiger partial charge is 0.390 e. The maximum absolute atomic E-state index is 10.9. The Morgan fingerprint density at radius 1 is 1.00 bits per heavy atom. The first-order valence-electron chi connectivity index (χ1n) is 9.30. The predicted molar refractivity (Wildman–Crippen MR) is 86.9 cm³/mol. The highest BCUT2D eigenvalue weighted by Crippen LogP contribution is 2.66. The highest BCUT2D eigenvalue weighted by Gasteiger charge is 2.61. The first-order valence-corrected chi connectivity index (χ1v) is 9.30. The van der Waals surface area contributed by atoms with Crippen LogP contribution in [0.4, 0.5) is 0 Å². The zero-order valence-electron chi connectivity index (χ0n) is 14.1. The minimum absolute atomic E-state index is 0.171. The molecule has 1 unspecified atom stereocenters. The zero-order valence-corrected chi connectivity index (χ0v) is 14.1. The lowest BCUT2D eigenvalue weighted by Gasteiger charge is -2.58. The molecule has 4 rings (SSSR count). The molecule has 1 N–H and O–H groups in total. The molecule has 0 aromatic rings. The second-order valence-electron chi connectivity index (χ2n) is 9.24. The third-order valence-corrected chi connectivity index (χ3v) is 8.58. The Balaban J connectivity index is 1.71. The molecule has 1 heteroatoms. The highest BCUT2D eigenvalue weighted by molar-refractivity contribution is 5.25. The standard InChI is InChI=1S/C20H32O/c1-18-11-5-4-6-14(18)7-8-15-16(18)9-12-19(2)17(15)10-13-20(19,3)21/h7,15-17,21H,4-6,8-13H2,1-3H3/t15-,16-,17+,18+,19+,20?/m1/s1. The molecule has 4 aliphatic carbocycles. The number of hydrogen-bond acceptors (Lipinski definition) is 1. The maximum Gasteiger partial charge on any atom is 0.0675 e. The van der Waals surface area contributed by atoms with Crippen LogP contribution in [0.25, 0.3) is 0 Å². The van der Waals surface area contributed by atoms with Gasteiger partial charge in [-0.1, -0.05) is 31.9 Å². The predicted octanol–water partition coefficient (Wildman–Crippen LogP) is 5.09. The first-order chi connectivity index (χ1) is 9.88. The Bertz CT molecular complexity index is 476. The van der Waals surface area contributed by atoms with E-state index in [9.17, 15) is 5.11 Å². The third-order valence-electron chi connectivity index (χ3n) is 8.58. The summed E-state index contributed by atoms with van der Waals surface area (Å²) < 4.78 is 0. The molecule has 0 heterocycles. The number of aliphatic hydroxyl groups is 1. The van der Waals surface area contributed by atoms with Crippen LogP contribution in [-0.4, -0.2) is 10.7 Å². The van der Waals surface area contributed by atoms with Gasteiger partial charge in [0, 0.05) is 0 Å². The molecule has 3 saturated carbocycles. The molecule has 0 radical (unpaired) electrons. The second-order valence-corrected chi connectivity index (χ2v) is 9.24. The summed E-state index contributed by atoms with van der Waals surface area (Å²) in [6, 6.07) is 0. The van der Waals surface area contributed by atoms with Gasteiger partial charge in [-0.05, 0) is 86.9 Å². The van der Waals surface area contributed by atoms with Crippen molar-refractivity contribution in [1.82, 2.24) is 0 Å². The van der Waals surface area contributed by atoms with Gasteiger partial charge in [0.2, 0.25) is 0 Å². The summed E-state index contributed by atoms with van der Waals surface area (Å²) in [7, 11) is 0. The molecular formula is C20H32O. The van der Waals surface area contributed by atoms with Gasteiger partial charge in [-0.2, -0.15) is 0 Å². The summed E-state index contributed by atoms with van der Waals surface area (Å²) in [5.41, 5.74) is 2.03. The Kier molecular flexibility index (Phi) is 2.98. The molecule has 0 aliphatic heterocycles. The molecule has 0 spiro atoms. The fourth-order valence-electron chi connectivity index (χ4n) is 6.94. The van der Waals surface area contributed by atoms with Gasteiger partial charge >= 0.3 is 0 Å². The van der Waals surface area contributed by atoms with Crippen molar-refractivity contribution < 1.29 is 5.11 Å². The average Bonchev–Trinajstić information content (AvgIpc) is 2.69. The molecule has 0 bridgehead atoms. The average molecular weight is 288 g/mol. The van der Waals surface area contributed by atoms with Crippen molar-refractivity contribution in [3.63, 3.8) is 0 Å². The normalized spacial score (nSPS) is 56.2. The van der Waals surface area contributed by atoms with Crippen molar-refractivity contribution in [3.05, 3.63) is 11.6 Å². The van der Waals surface area contributed by atoms with Crippen molar-refractivity contribution in [2.75, 3.05) is 0 Å². The fourth-order valence-corrected chi connectivity index (χ4v) is 6.94. The van der Waals surface area contributed by atoms with Gasteiger partial charge in [-0.15, -0.1) is 0 Å². The minimum atomic E-state index is -0.430. The minimum Gasteiger partial charge on any atom is -0.390 e. The molecule has 0 aromatic heterocycles. The lowest BCUT2D eigenvalue weighted by molar-refractivity contribution is -0.113. The lowest BCUT2D eigenvalue weighted by Crippen LogP contribution is -2.53. The van der Waals surface area contributed by atoms with Crippen molar-refractivity contribution in [2.45, 2.75) is 84.2 Å². The van der Waals surface area contributed by atoms with E-state index in [0.717, 1.165) is 24.2 Å². The van der Waals surface area contributed by atoms with Crippen LogP contribution in [0.5, 0.6) is 0 Å². The summed E-state index contributed by atoms with van der Waals surface area (Å²) in [6.07, 6.45) is 14.4. The maximum atomic E-state index is 10.9. The first kappa shape index (κ1) is 14.3. The van der Waals surface area contributed by atoms with Crippen molar-refractivity contribution >= 4 is 0 Å². The van der Waals surface area contributed by atoms with Gasteiger partial charge < -0.3 is 5.11 Å². The number of hydrogen-bond donors (Lipinski definition) is 1. The van der Waals surface area contributed by atoms with E-state index in [2.05, 4.69) is 26.8 Å². The van der Waals surface area contributed by atoms with Crippen LogP contribution in [0.15, 0.2) is 11.6 Å². The molecule has 0 saturated heterocycles. The number of fused-ring (bicyclic) bond motifs is 5. The summed E-state index contributed by atoms with van der Waals surface area (Å²) in [5.74, 6) is 2.48. The fraction of sp³-hybridized carbons (Fsp3) is 0.900. The molecule has 118 valence electrons. The summed E-state index contributed by atoms with van der Waals surface area (Å²) in [5, 5.41) is 10.9. The Morgan fingerprint density at radius 3 is 2.57 bits per heavy atom. The van der Waals surface area contributed by atoms with E-state index in [1.165, 1.54) is 51.4 Å². The van der Waals surface area contributed by atoms with E-state index in [0.29, 0.717) is 5.41 Å². The molecule has 1 nitrogen and oxygen atoms in total. The third kappa shape index (κ3) is 1.73. The van der Waals surface area contributed by atoms with Crippen LogP contribution in [0.3, 0.4) is 0 Å². The number of rotatable bonds is 0. The quantitative estimate of drug-likeness (QED) is 0.616. The summed E-state index contributed by atoms with van der Waals surface area (Å²) in [4.78, 5) is 0. The summed E-state index contributed by atoms with van der Waals surface area (Å²) in [6.45, 7) is 7.08. The SMILES string of the molecule is CC1(O)CC[C@H]2[C@@H]3CC=C4CCCC[C@]4(C)[C@@H]3CC[C@@]21C. The Morgan fingerprint density at radius 2 is 1.76 bits per heavy atom. The van der Waals surface area contributed by atoms with Gasteiger partial charge in [-0.25, -0.2) is 0 Å². The zero-order chi connectivity index (χ0) is 14.9. The van der Waals surface area contributed by atoms with Crippen LogP contribution >= 0.6 is 0 Å². The Hall–Kier alpha value is -0.300. The van der Waals surface area contributed by atoms with Crippen LogP contribution in [0.2, 0.25) is 0 Å². The molecule has 6 atom stereocenters. The van der Waals surface area contributed by atoms with Crippen LogP contribution in [-0.2, 0) is 0 Å². The Labute approximate surface area is 130 Å². The van der Waals surface area contributed by atoms with Gasteiger partial charge in [-0.3, -0.25) is 0 Å². The molecule has 21 heavy (non-hydrogen) atoms. The molecule has 3 fully saturated rings. The van der Waals surface area contributed by atoms with Crippen molar-refractivity contribution in [3.8, 4) is 0 Å². The van der Waals surface area contributed by atoms with E-state index >= 15 is 0 Å². The van der Waals surface area contributed by atoms with Crippen LogP contribution in [0, 0.1) is 28.6 Å². The van der Waals surface area contributed by atoms with Gasteiger partial charge in [0.1, 0.15) is 0 Å². The van der Waals surface area contributed by atoms with Gasteiger partial charge in [0.25, 0.3) is 0 Å². The van der Waals surface area contributed by atoms with E-state index in [1.807, 2.05) is 0 Å². The molecular weight excluding hydrogens is 256 g/mol. The number of allylic oxidation sites excluding steroid dienone is 2.